The summed E-state index contributed by atoms with van der Waals surface area (Å²) in [6.07, 6.45) is 3.28. The smallest absolute Gasteiger partial charge is 0.293 e. The molecule has 0 atom stereocenters. The summed E-state index contributed by atoms with van der Waals surface area (Å²) < 4.78 is 11.9. The van der Waals surface area contributed by atoms with Crippen LogP contribution in [0.1, 0.15) is 27.2 Å². The molecule has 0 aromatic rings. The Labute approximate surface area is 110 Å². The van der Waals surface area contributed by atoms with Crippen LogP contribution in [0.4, 0.5) is 0 Å². The maximum absolute atomic E-state index is 9.60. The van der Waals surface area contributed by atoms with Crippen molar-refractivity contribution in [1.82, 2.24) is 5.32 Å². The van der Waals surface area contributed by atoms with E-state index in [-0.39, 0.29) is 5.60 Å². The van der Waals surface area contributed by atoms with Gasteiger partial charge in [0, 0.05) is 13.5 Å². The van der Waals surface area contributed by atoms with Crippen LogP contribution >= 0.6 is 0 Å². The fraction of sp³-hybridized carbons (Fsp3) is 0.846. The zero-order chi connectivity index (χ0) is 13.9. The number of nitrogens with zero attached hydrogens (tertiary/aromatic N) is 1. The maximum Gasteiger partial charge on any atom is 0.293 e. The Morgan fingerprint density at radius 2 is 1.89 bits per heavy atom. The van der Waals surface area contributed by atoms with Crippen LogP contribution in [-0.4, -0.2) is 62.8 Å². The zero-order valence-corrected chi connectivity index (χ0v) is 12.1. The summed E-state index contributed by atoms with van der Waals surface area (Å²) in [5.41, 5.74) is -0.318. The molecule has 0 aromatic carbocycles. The highest BCUT2D eigenvalue weighted by atomic mass is 16.5. The fourth-order valence-electron chi connectivity index (χ4n) is 1.36. The van der Waals surface area contributed by atoms with Crippen LogP contribution in [-0.2, 0) is 14.3 Å². The van der Waals surface area contributed by atoms with Crippen LogP contribution in [0.2, 0.25) is 0 Å². The van der Waals surface area contributed by atoms with E-state index in [0.717, 1.165) is 39.2 Å². The van der Waals surface area contributed by atoms with Gasteiger partial charge in [-0.2, -0.15) is 0 Å². The molecular formula is C13H27N2O3+. The lowest BCUT2D eigenvalue weighted by molar-refractivity contribution is -0.528. The van der Waals surface area contributed by atoms with Gasteiger partial charge in [-0.1, -0.05) is 0 Å². The lowest BCUT2D eigenvalue weighted by Crippen LogP contribution is -2.38. The topological polar surface area (TPSA) is 50.6 Å². The summed E-state index contributed by atoms with van der Waals surface area (Å²) in [6.45, 7) is 11.3. The van der Waals surface area contributed by atoms with Crippen molar-refractivity contribution in [2.75, 3.05) is 39.9 Å². The highest BCUT2D eigenvalue weighted by Crippen LogP contribution is 2.02. The van der Waals surface area contributed by atoms with Crippen molar-refractivity contribution in [3.05, 3.63) is 0 Å². The predicted molar refractivity (Wildman–Crippen MR) is 72.3 cm³/mol. The van der Waals surface area contributed by atoms with E-state index in [9.17, 15) is 4.79 Å². The summed E-state index contributed by atoms with van der Waals surface area (Å²) >= 11 is 0. The molecule has 1 rings (SSSR count). The van der Waals surface area contributed by atoms with E-state index in [1.165, 1.54) is 0 Å². The number of carbonyl (C=O) groups excluding carboxylic acids is 1. The molecule has 5 nitrogen and oxygen atoms in total. The number of methoxy groups -OCH3 is 1. The lowest BCUT2D eigenvalue weighted by atomic mass is 10.2. The average Bonchev–Trinajstić information content (AvgIpc) is 2.30. The Kier molecular flexibility index (Phi) is 9.50. The largest absolute Gasteiger partial charge is 0.462 e. The van der Waals surface area contributed by atoms with E-state index in [1.54, 1.807) is 7.11 Å². The van der Waals surface area contributed by atoms with Gasteiger partial charge in [0.2, 0.25) is 0 Å². The Morgan fingerprint density at radius 3 is 2.28 bits per heavy atom. The molecule has 0 unspecified atom stereocenters. The van der Waals surface area contributed by atoms with E-state index in [1.807, 2.05) is 20.8 Å². The second-order valence-corrected chi connectivity index (χ2v) is 5.08. The lowest BCUT2D eigenvalue weighted by Gasteiger charge is -2.14. The molecule has 1 fully saturated rings. The number of rotatable bonds is 4. The first-order chi connectivity index (χ1) is 8.49. The molecule has 1 saturated heterocycles. The zero-order valence-electron chi connectivity index (χ0n) is 12.1. The Morgan fingerprint density at radius 1 is 1.28 bits per heavy atom. The molecule has 1 heterocycles. The maximum atomic E-state index is 9.60. The number of nitrogens with one attached hydrogen (secondary N) is 1. The Bertz CT molecular complexity index is 239. The molecule has 5 heteroatoms. The van der Waals surface area contributed by atoms with Gasteiger partial charge in [0.15, 0.2) is 13.1 Å². The number of piperazine rings is 1. The average molecular weight is 259 g/mol. The van der Waals surface area contributed by atoms with Crippen molar-refractivity contribution < 1.29 is 18.8 Å². The molecule has 18 heavy (non-hydrogen) atoms. The summed E-state index contributed by atoms with van der Waals surface area (Å²) in [5, 5.41) is 3.31. The molecule has 0 amide bonds. The van der Waals surface area contributed by atoms with Crippen LogP contribution < -0.4 is 5.32 Å². The molecule has 106 valence electrons. The third-order valence-electron chi connectivity index (χ3n) is 2.26. The number of hydrogen-bond acceptors (Lipinski definition) is 4. The third kappa shape index (κ3) is 11.5. The van der Waals surface area contributed by atoms with Gasteiger partial charge in [0.1, 0.15) is 11.8 Å². The first-order valence-electron chi connectivity index (χ1n) is 6.38. The first-order valence-corrected chi connectivity index (χ1v) is 6.38. The van der Waals surface area contributed by atoms with E-state index < -0.39 is 0 Å². The molecule has 1 aliphatic heterocycles. The second-order valence-electron chi connectivity index (χ2n) is 5.08. The van der Waals surface area contributed by atoms with Crippen molar-refractivity contribution >= 4 is 12.7 Å². The molecule has 0 aliphatic carbocycles. The van der Waals surface area contributed by atoms with Gasteiger partial charge in [0.05, 0.1) is 19.7 Å². The van der Waals surface area contributed by atoms with E-state index in [4.69, 9.17) is 4.74 Å². The minimum absolute atomic E-state index is 0.318. The molecule has 1 aliphatic rings. The monoisotopic (exact) mass is 259 g/mol. The van der Waals surface area contributed by atoms with Crippen molar-refractivity contribution in [3.63, 3.8) is 0 Å². The van der Waals surface area contributed by atoms with Crippen molar-refractivity contribution in [3.8, 4) is 0 Å². The summed E-state index contributed by atoms with van der Waals surface area (Å²) in [6, 6.07) is 0. The van der Waals surface area contributed by atoms with E-state index >= 15 is 0 Å². The molecule has 0 radical (unpaired) electrons. The Balaban J connectivity index is 0.000000360. The van der Waals surface area contributed by atoms with Gasteiger partial charge in [0.25, 0.3) is 6.47 Å². The molecule has 0 aromatic heterocycles. The molecule has 1 N–H and O–H groups in total. The molecule has 0 spiro atoms. The predicted octanol–water partition coefficient (Wildman–Crippen LogP) is 0.667. The standard InChI is InChI=1S/C8H17N2O.C5H10O2/c1-11-8-2-5-10-6-3-9-4-7-10;1-5(2,3)7-4-6/h5,9H,2-4,6-8H2,1H3;4H,1-3H3/q+1;. The van der Waals surface area contributed by atoms with Crippen LogP contribution in [0, 0.1) is 0 Å². The van der Waals surface area contributed by atoms with Crippen LogP contribution in [0.15, 0.2) is 0 Å². The number of hydrogen-bond donors (Lipinski definition) is 1. The Hall–Kier alpha value is -0.940. The summed E-state index contributed by atoms with van der Waals surface area (Å²) in [4.78, 5) is 9.60. The van der Waals surface area contributed by atoms with Crippen LogP contribution in [0.3, 0.4) is 0 Å². The quantitative estimate of drug-likeness (QED) is 0.458. The molecule has 0 bridgehead atoms. The summed E-state index contributed by atoms with van der Waals surface area (Å²) in [7, 11) is 1.74. The van der Waals surface area contributed by atoms with E-state index in [2.05, 4.69) is 20.8 Å². The number of ether oxygens (including phenoxy) is 2. The second kappa shape index (κ2) is 10.0. The van der Waals surface area contributed by atoms with Crippen molar-refractivity contribution in [2.24, 2.45) is 0 Å². The van der Waals surface area contributed by atoms with Gasteiger partial charge < -0.3 is 14.8 Å². The van der Waals surface area contributed by atoms with Crippen molar-refractivity contribution in [2.45, 2.75) is 32.8 Å². The van der Waals surface area contributed by atoms with Crippen LogP contribution in [0.5, 0.6) is 0 Å². The number of carbonyl (C=O) groups is 1. The molecular weight excluding hydrogens is 232 g/mol. The molecule has 0 saturated carbocycles. The SMILES string of the molecule is CC(C)(C)OC=O.COCCC=[N+]1CCNCC1. The van der Waals surface area contributed by atoms with Crippen molar-refractivity contribution in [1.29, 1.82) is 0 Å². The van der Waals surface area contributed by atoms with Crippen LogP contribution in [0.25, 0.3) is 0 Å². The van der Waals surface area contributed by atoms with Gasteiger partial charge in [-0.15, -0.1) is 0 Å². The minimum Gasteiger partial charge on any atom is -0.462 e. The fourth-order valence-corrected chi connectivity index (χ4v) is 1.36. The van der Waals surface area contributed by atoms with Gasteiger partial charge >= 0.3 is 0 Å². The highest BCUT2D eigenvalue weighted by molar-refractivity contribution is 5.51. The van der Waals surface area contributed by atoms with Gasteiger partial charge in [-0.25, -0.2) is 4.58 Å². The minimum atomic E-state index is -0.318. The van der Waals surface area contributed by atoms with E-state index in [0.29, 0.717) is 6.47 Å². The summed E-state index contributed by atoms with van der Waals surface area (Å²) in [5.74, 6) is 0. The highest BCUT2D eigenvalue weighted by Gasteiger charge is 2.08. The van der Waals surface area contributed by atoms with Gasteiger partial charge in [-0.05, 0) is 20.8 Å². The normalized spacial score (nSPS) is 15.4. The van der Waals surface area contributed by atoms with Gasteiger partial charge in [-0.3, -0.25) is 4.79 Å². The first kappa shape index (κ1) is 17.1. The third-order valence-corrected chi connectivity index (χ3v) is 2.26.